The lowest BCUT2D eigenvalue weighted by Gasteiger charge is -2.36. The molecule has 3 aromatic rings. The standard InChI is InChI=1S/C29H32F3N3O4/c1-4-16(2)23(34-25(36)17(3)18-9-6-5-7-10-18)26(37)35-28(27(38)39)14-13-22-20(15-28)19-11-8-12-21(24(19)33-22)29(30,31)32/h5-12,16-17,23,33H,4,13-15H2,1-3H3,(H,34,36)(H,35,37)(H,38,39)/t16?,17-,23-,28+/m0/s1. The molecule has 1 heterocycles. The Morgan fingerprint density at radius 3 is 2.36 bits per heavy atom. The molecule has 2 aromatic carbocycles. The van der Waals surface area contributed by atoms with Gasteiger partial charge in [0.05, 0.1) is 17.0 Å². The van der Waals surface area contributed by atoms with E-state index in [0.717, 1.165) is 11.6 Å². The van der Waals surface area contributed by atoms with Crippen LogP contribution in [0, 0.1) is 5.92 Å². The SMILES string of the molecule is CCC(C)[C@H](NC(=O)[C@@H](C)c1ccccc1)C(=O)N[C@]1(C(=O)O)CCc2[nH]c3c(C(F)(F)F)cccc3c2C1. The van der Waals surface area contributed by atoms with Crippen molar-refractivity contribution in [2.75, 3.05) is 0 Å². The maximum Gasteiger partial charge on any atom is 0.418 e. The van der Waals surface area contributed by atoms with E-state index in [2.05, 4.69) is 15.6 Å². The first-order valence-electron chi connectivity index (χ1n) is 13.0. The summed E-state index contributed by atoms with van der Waals surface area (Å²) in [5, 5.41) is 16.0. The molecule has 0 saturated carbocycles. The van der Waals surface area contributed by atoms with Gasteiger partial charge in [0.1, 0.15) is 11.6 Å². The highest BCUT2D eigenvalue weighted by Crippen LogP contribution is 2.40. The van der Waals surface area contributed by atoms with Crippen LogP contribution in [0.3, 0.4) is 0 Å². The van der Waals surface area contributed by atoms with Crippen molar-refractivity contribution in [2.45, 2.75) is 70.1 Å². The van der Waals surface area contributed by atoms with E-state index in [0.29, 0.717) is 17.7 Å². The third kappa shape index (κ3) is 5.51. The van der Waals surface area contributed by atoms with Gasteiger partial charge in [0.2, 0.25) is 11.8 Å². The molecule has 0 saturated heterocycles. The lowest BCUT2D eigenvalue weighted by Crippen LogP contribution is -2.62. The Labute approximate surface area is 224 Å². The van der Waals surface area contributed by atoms with Crippen LogP contribution < -0.4 is 10.6 Å². The second kappa shape index (κ2) is 10.7. The molecule has 0 aliphatic heterocycles. The molecule has 0 radical (unpaired) electrons. The van der Waals surface area contributed by atoms with Gasteiger partial charge in [-0.1, -0.05) is 62.7 Å². The Balaban J connectivity index is 1.62. The normalized spacial score (nSPS) is 19.5. The average molecular weight is 544 g/mol. The first-order valence-corrected chi connectivity index (χ1v) is 13.0. The van der Waals surface area contributed by atoms with E-state index in [4.69, 9.17) is 0 Å². The third-order valence-corrected chi connectivity index (χ3v) is 7.87. The van der Waals surface area contributed by atoms with Crippen LogP contribution in [0.2, 0.25) is 0 Å². The van der Waals surface area contributed by atoms with E-state index < -0.39 is 41.1 Å². The van der Waals surface area contributed by atoms with Crippen molar-refractivity contribution in [3.63, 3.8) is 0 Å². The first-order chi connectivity index (χ1) is 18.4. The number of halogens is 3. The molecule has 4 rings (SSSR count). The van der Waals surface area contributed by atoms with Gasteiger partial charge in [0, 0.05) is 17.5 Å². The number of rotatable bonds is 8. The van der Waals surface area contributed by atoms with Crippen LogP contribution >= 0.6 is 0 Å². The number of H-pyrrole nitrogens is 1. The number of amides is 2. The predicted octanol–water partition coefficient (Wildman–Crippen LogP) is 4.95. The topological polar surface area (TPSA) is 111 Å². The zero-order valence-corrected chi connectivity index (χ0v) is 22.0. The zero-order chi connectivity index (χ0) is 28.5. The lowest BCUT2D eigenvalue weighted by molar-refractivity contribution is -0.149. The second-order valence-corrected chi connectivity index (χ2v) is 10.4. The number of hydrogen-bond donors (Lipinski definition) is 4. The monoisotopic (exact) mass is 543 g/mol. The molecular weight excluding hydrogens is 511 g/mol. The molecule has 1 aliphatic carbocycles. The molecule has 39 heavy (non-hydrogen) atoms. The van der Waals surface area contributed by atoms with Crippen molar-refractivity contribution in [3.8, 4) is 0 Å². The van der Waals surface area contributed by atoms with Crippen LogP contribution in [0.5, 0.6) is 0 Å². The summed E-state index contributed by atoms with van der Waals surface area (Å²) in [7, 11) is 0. The number of aryl methyl sites for hydroxylation is 1. The smallest absolute Gasteiger partial charge is 0.418 e. The average Bonchev–Trinajstić information content (AvgIpc) is 3.28. The number of aliphatic carboxylic acids is 1. The number of carboxylic acids is 1. The molecule has 0 bridgehead atoms. The fourth-order valence-electron chi connectivity index (χ4n) is 5.24. The number of benzene rings is 2. The molecular formula is C29H32F3N3O4. The van der Waals surface area contributed by atoms with Gasteiger partial charge in [-0.2, -0.15) is 13.2 Å². The third-order valence-electron chi connectivity index (χ3n) is 7.87. The summed E-state index contributed by atoms with van der Waals surface area (Å²) in [5.41, 5.74) is -0.927. The molecule has 7 nitrogen and oxygen atoms in total. The number of carboxylic acid groups (broad SMARTS) is 1. The fourth-order valence-corrected chi connectivity index (χ4v) is 5.24. The Bertz CT molecular complexity index is 1390. The molecule has 0 spiro atoms. The van der Waals surface area contributed by atoms with Gasteiger partial charge in [-0.05, 0) is 42.9 Å². The Morgan fingerprint density at radius 1 is 1.05 bits per heavy atom. The van der Waals surface area contributed by atoms with Crippen molar-refractivity contribution in [1.82, 2.24) is 15.6 Å². The van der Waals surface area contributed by atoms with Gasteiger partial charge in [0.25, 0.3) is 0 Å². The minimum Gasteiger partial charge on any atom is -0.479 e. The highest BCUT2D eigenvalue weighted by Gasteiger charge is 2.46. The van der Waals surface area contributed by atoms with Gasteiger partial charge in [-0.25, -0.2) is 4.79 Å². The quantitative estimate of drug-likeness (QED) is 0.322. The maximum absolute atomic E-state index is 13.6. The van der Waals surface area contributed by atoms with Crippen LogP contribution in [0.1, 0.15) is 61.9 Å². The van der Waals surface area contributed by atoms with Gasteiger partial charge < -0.3 is 20.7 Å². The number of carbonyl (C=O) groups excluding carboxylic acids is 2. The Kier molecular flexibility index (Phi) is 7.77. The highest BCUT2D eigenvalue weighted by atomic mass is 19.4. The van der Waals surface area contributed by atoms with Crippen LogP contribution in [0.25, 0.3) is 10.9 Å². The minimum absolute atomic E-state index is 0.0170. The number of carbonyl (C=O) groups is 3. The number of aromatic amines is 1. The van der Waals surface area contributed by atoms with Gasteiger partial charge >= 0.3 is 12.1 Å². The summed E-state index contributed by atoms with van der Waals surface area (Å²) >= 11 is 0. The highest BCUT2D eigenvalue weighted by molar-refractivity contribution is 5.95. The second-order valence-electron chi connectivity index (χ2n) is 10.4. The van der Waals surface area contributed by atoms with E-state index >= 15 is 0 Å². The summed E-state index contributed by atoms with van der Waals surface area (Å²) < 4.78 is 40.8. The van der Waals surface area contributed by atoms with Crippen molar-refractivity contribution >= 4 is 28.7 Å². The zero-order valence-electron chi connectivity index (χ0n) is 22.0. The summed E-state index contributed by atoms with van der Waals surface area (Å²) in [6.45, 7) is 5.38. The Hall–Kier alpha value is -3.82. The Morgan fingerprint density at radius 2 is 1.74 bits per heavy atom. The van der Waals surface area contributed by atoms with Crippen LogP contribution in [-0.2, 0) is 33.4 Å². The van der Waals surface area contributed by atoms with E-state index in [1.807, 2.05) is 37.3 Å². The number of fused-ring (bicyclic) bond motifs is 3. The minimum atomic E-state index is -4.58. The van der Waals surface area contributed by atoms with E-state index in [-0.39, 0.29) is 42.0 Å². The van der Waals surface area contributed by atoms with Crippen molar-refractivity contribution in [1.29, 1.82) is 0 Å². The molecule has 10 heteroatoms. The van der Waals surface area contributed by atoms with Crippen LogP contribution in [-0.4, -0.2) is 39.5 Å². The number of alkyl halides is 3. The number of para-hydroxylation sites is 1. The lowest BCUT2D eigenvalue weighted by atomic mass is 9.79. The molecule has 1 unspecified atom stereocenters. The van der Waals surface area contributed by atoms with E-state index in [1.165, 1.54) is 12.1 Å². The first kappa shape index (κ1) is 28.2. The van der Waals surface area contributed by atoms with E-state index in [1.54, 1.807) is 13.8 Å². The van der Waals surface area contributed by atoms with Crippen LogP contribution in [0.4, 0.5) is 13.2 Å². The van der Waals surface area contributed by atoms with Gasteiger partial charge in [-0.15, -0.1) is 0 Å². The molecule has 1 aliphatic rings. The van der Waals surface area contributed by atoms with Crippen LogP contribution in [0.15, 0.2) is 48.5 Å². The molecule has 2 amide bonds. The fraction of sp³-hybridized carbons (Fsp3) is 0.414. The largest absolute Gasteiger partial charge is 0.479 e. The number of aromatic nitrogens is 1. The van der Waals surface area contributed by atoms with Crippen molar-refractivity contribution < 1.29 is 32.7 Å². The van der Waals surface area contributed by atoms with Crippen molar-refractivity contribution in [2.24, 2.45) is 5.92 Å². The summed E-state index contributed by atoms with van der Waals surface area (Å²) in [4.78, 5) is 42.1. The predicted molar refractivity (Wildman–Crippen MR) is 140 cm³/mol. The summed E-state index contributed by atoms with van der Waals surface area (Å²) in [6, 6.07) is 11.9. The number of nitrogens with one attached hydrogen (secondary N) is 3. The molecule has 4 atom stereocenters. The van der Waals surface area contributed by atoms with Gasteiger partial charge in [0.15, 0.2) is 0 Å². The molecule has 1 aromatic heterocycles. The molecule has 4 N–H and O–H groups in total. The van der Waals surface area contributed by atoms with Crippen molar-refractivity contribution in [3.05, 3.63) is 70.9 Å². The molecule has 0 fully saturated rings. The van der Waals surface area contributed by atoms with Gasteiger partial charge in [-0.3, -0.25) is 9.59 Å². The summed E-state index contributed by atoms with van der Waals surface area (Å²) in [6.07, 6.45) is -4.10. The number of hydrogen-bond acceptors (Lipinski definition) is 3. The molecule has 208 valence electrons. The van der Waals surface area contributed by atoms with E-state index in [9.17, 15) is 32.7 Å². The maximum atomic E-state index is 13.6. The summed E-state index contributed by atoms with van der Waals surface area (Å²) in [5.74, 6) is -3.13.